The minimum Gasteiger partial charge on any atom is -0.390 e. The standard InChI is InChI=1S/C27H32ClN5O/c1-16-21(30-3)9-8-20(23(16)28)24-17(2)31-26(22(15-34)32-24)33-12-10-27(11-13-33)14-18-6-4-5-7-19(18)25(27)29/h4-9,25,30,34H,10-15,29H2,1-3H3/t25-/m1/s1. The van der Waals surface area contributed by atoms with Crippen LogP contribution in [0.5, 0.6) is 0 Å². The molecular formula is C27H32ClN5O. The Morgan fingerprint density at radius 3 is 2.56 bits per heavy atom. The Labute approximate surface area is 206 Å². The predicted octanol–water partition coefficient (Wildman–Crippen LogP) is 4.79. The quantitative estimate of drug-likeness (QED) is 0.500. The Morgan fingerprint density at radius 2 is 1.88 bits per heavy atom. The molecule has 2 aromatic carbocycles. The number of aryl methyl sites for hydroxylation is 1. The van der Waals surface area contributed by atoms with Crippen molar-refractivity contribution in [1.29, 1.82) is 0 Å². The van der Waals surface area contributed by atoms with Gasteiger partial charge in [-0.05, 0) is 67.3 Å². The minimum atomic E-state index is -0.173. The molecule has 34 heavy (non-hydrogen) atoms. The highest BCUT2D eigenvalue weighted by atomic mass is 35.5. The second-order valence-electron chi connectivity index (χ2n) is 9.64. The summed E-state index contributed by atoms with van der Waals surface area (Å²) in [5, 5.41) is 14.0. The van der Waals surface area contributed by atoms with Gasteiger partial charge in [-0.3, -0.25) is 0 Å². The van der Waals surface area contributed by atoms with Crippen LogP contribution in [0, 0.1) is 19.3 Å². The molecule has 1 atom stereocenters. The number of rotatable bonds is 4. The molecule has 3 aromatic rings. The highest BCUT2D eigenvalue weighted by Gasteiger charge is 2.46. The molecule has 0 saturated carbocycles. The van der Waals surface area contributed by atoms with Crippen LogP contribution in [-0.2, 0) is 13.0 Å². The van der Waals surface area contributed by atoms with Gasteiger partial charge in [0.25, 0.3) is 0 Å². The number of fused-ring (bicyclic) bond motifs is 1. The van der Waals surface area contributed by atoms with E-state index in [4.69, 9.17) is 27.3 Å². The normalized spacial score (nSPS) is 18.9. The van der Waals surface area contributed by atoms with Crippen molar-refractivity contribution in [1.82, 2.24) is 9.97 Å². The number of aliphatic hydroxyl groups is 1. The molecule has 178 valence electrons. The Bertz CT molecular complexity index is 1240. The lowest BCUT2D eigenvalue weighted by Gasteiger charge is -2.43. The van der Waals surface area contributed by atoms with Crippen LogP contribution < -0.4 is 16.0 Å². The van der Waals surface area contributed by atoms with E-state index in [1.165, 1.54) is 11.1 Å². The van der Waals surface area contributed by atoms with E-state index < -0.39 is 0 Å². The van der Waals surface area contributed by atoms with Crippen LogP contribution in [0.2, 0.25) is 5.02 Å². The van der Waals surface area contributed by atoms with Crippen molar-refractivity contribution in [3.05, 3.63) is 69.5 Å². The lowest BCUT2D eigenvalue weighted by Crippen LogP contribution is -2.45. The largest absolute Gasteiger partial charge is 0.390 e. The molecule has 2 heterocycles. The molecule has 1 spiro atoms. The summed E-state index contributed by atoms with van der Waals surface area (Å²) in [7, 11) is 1.88. The highest BCUT2D eigenvalue weighted by molar-refractivity contribution is 6.34. The number of benzene rings is 2. The summed E-state index contributed by atoms with van der Waals surface area (Å²) in [4.78, 5) is 12.0. The van der Waals surface area contributed by atoms with Crippen molar-refractivity contribution < 1.29 is 5.11 Å². The summed E-state index contributed by atoms with van der Waals surface area (Å²) < 4.78 is 0. The minimum absolute atomic E-state index is 0.0734. The van der Waals surface area contributed by atoms with Crippen LogP contribution in [0.15, 0.2) is 36.4 Å². The molecule has 4 N–H and O–H groups in total. The monoisotopic (exact) mass is 477 g/mol. The number of aliphatic hydroxyl groups excluding tert-OH is 1. The fourth-order valence-corrected chi connectivity index (χ4v) is 6.02. The van der Waals surface area contributed by atoms with Gasteiger partial charge in [0.05, 0.1) is 23.0 Å². The fourth-order valence-electron chi connectivity index (χ4n) is 5.76. The molecule has 7 heteroatoms. The molecule has 1 aromatic heterocycles. The van der Waals surface area contributed by atoms with Gasteiger partial charge in [-0.15, -0.1) is 0 Å². The third-order valence-corrected chi connectivity index (χ3v) is 8.32. The summed E-state index contributed by atoms with van der Waals surface area (Å²) >= 11 is 6.70. The average Bonchev–Trinajstić information content (AvgIpc) is 3.12. The van der Waals surface area contributed by atoms with Crippen molar-refractivity contribution in [3.8, 4) is 11.3 Å². The summed E-state index contributed by atoms with van der Waals surface area (Å²) in [5.74, 6) is 0.766. The third kappa shape index (κ3) is 3.65. The maximum Gasteiger partial charge on any atom is 0.153 e. The van der Waals surface area contributed by atoms with Gasteiger partial charge in [-0.1, -0.05) is 35.9 Å². The summed E-state index contributed by atoms with van der Waals surface area (Å²) in [6.07, 6.45) is 3.02. The molecule has 1 fully saturated rings. The number of piperidine rings is 1. The van der Waals surface area contributed by atoms with Crippen LogP contribution in [0.1, 0.15) is 47.0 Å². The first-order chi connectivity index (χ1) is 16.4. The molecule has 0 bridgehead atoms. The lowest BCUT2D eigenvalue weighted by atomic mass is 9.73. The highest BCUT2D eigenvalue weighted by Crippen LogP contribution is 2.51. The molecule has 0 amide bonds. The average molecular weight is 478 g/mol. The molecule has 1 aliphatic carbocycles. The van der Waals surface area contributed by atoms with E-state index in [9.17, 15) is 5.11 Å². The third-order valence-electron chi connectivity index (χ3n) is 7.83. The van der Waals surface area contributed by atoms with E-state index in [1.54, 1.807) is 0 Å². The first kappa shape index (κ1) is 23.1. The number of nitrogens with zero attached hydrogens (tertiary/aromatic N) is 3. The van der Waals surface area contributed by atoms with Gasteiger partial charge < -0.3 is 21.1 Å². The van der Waals surface area contributed by atoms with E-state index in [2.05, 4.69) is 34.5 Å². The molecule has 5 rings (SSSR count). The molecule has 0 unspecified atom stereocenters. The number of aromatic nitrogens is 2. The number of nitrogens with one attached hydrogen (secondary N) is 1. The lowest BCUT2D eigenvalue weighted by molar-refractivity contribution is 0.186. The number of hydrogen-bond acceptors (Lipinski definition) is 6. The number of hydrogen-bond donors (Lipinski definition) is 3. The Balaban J connectivity index is 1.42. The fraction of sp³-hybridized carbons (Fsp3) is 0.407. The van der Waals surface area contributed by atoms with Gasteiger partial charge in [-0.2, -0.15) is 0 Å². The number of nitrogens with two attached hydrogens (primary N) is 1. The van der Waals surface area contributed by atoms with Gasteiger partial charge in [-0.25, -0.2) is 9.97 Å². The Morgan fingerprint density at radius 1 is 1.15 bits per heavy atom. The van der Waals surface area contributed by atoms with Crippen molar-refractivity contribution in [2.45, 2.75) is 45.8 Å². The Hall–Kier alpha value is -2.67. The van der Waals surface area contributed by atoms with E-state index >= 15 is 0 Å². The van der Waals surface area contributed by atoms with Crippen LogP contribution in [0.25, 0.3) is 11.3 Å². The van der Waals surface area contributed by atoms with Gasteiger partial charge in [0.15, 0.2) is 5.82 Å². The molecule has 1 aliphatic heterocycles. The zero-order chi connectivity index (χ0) is 24.0. The van der Waals surface area contributed by atoms with Gasteiger partial charge in [0, 0.05) is 37.4 Å². The first-order valence-electron chi connectivity index (χ1n) is 11.9. The second kappa shape index (κ2) is 8.84. The van der Waals surface area contributed by atoms with Gasteiger partial charge in [0.1, 0.15) is 5.69 Å². The smallest absolute Gasteiger partial charge is 0.153 e. The SMILES string of the molecule is CNc1ccc(-c2nc(CO)c(N3CCC4(CC3)Cc3ccccc3[C@H]4N)nc2C)c(Cl)c1C. The second-order valence-corrected chi connectivity index (χ2v) is 10.0. The van der Waals surface area contributed by atoms with Crippen LogP contribution >= 0.6 is 11.6 Å². The van der Waals surface area contributed by atoms with E-state index in [1.807, 2.05) is 33.0 Å². The molecule has 1 saturated heterocycles. The molecule has 2 aliphatic rings. The first-order valence-corrected chi connectivity index (χ1v) is 12.3. The zero-order valence-electron chi connectivity index (χ0n) is 20.0. The van der Waals surface area contributed by atoms with Crippen molar-refractivity contribution >= 4 is 23.1 Å². The summed E-state index contributed by atoms with van der Waals surface area (Å²) in [6, 6.07) is 12.6. The van der Waals surface area contributed by atoms with E-state index in [0.717, 1.165) is 60.7 Å². The topological polar surface area (TPSA) is 87.3 Å². The van der Waals surface area contributed by atoms with Crippen LogP contribution in [0.4, 0.5) is 11.5 Å². The maximum atomic E-state index is 10.2. The molecule has 0 radical (unpaired) electrons. The predicted molar refractivity (Wildman–Crippen MR) is 138 cm³/mol. The van der Waals surface area contributed by atoms with Crippen LogP contribution in [-0.4, -0.2) is 35.2 Å². The number of anilines is 2. The Kier molecular flexibility index (Phi) is 6.00. The molecular weight excluding hydrogens is 446 g/mol. The van der Waals surface area contributed by atoms with Crippen molar-refractivity contribution in [2.24, 2.45) is 11.1 Å². The maximum absolute atomic E-state index is 10.2. The zero-order valence-corrected chi connectivity index (χ0v) is 20.8. The summed E-state index contributed by atoms with van der Waals surface area (Å²) in [6.45, 7) is 5.46. The van der Waals surface area contributed by atoms with Crippen molar-refractivity contribution in [3.63, 3.8) is 0 Å². The summed E-state index contributed by atoms with van der Waals surface area (Å²) in [5.41, 5.74) is 14.4. The van der Waals surface area contributed by atoms with E-state index in [-0.39, 0.29) is 18.1 Å². The van der Waals surface area contributed by atoms with Crippen LogP contribution in [0.3, 0.4) is 0 Å². The van der Waals surface area contributed by atoms with Gasteiger partial charge >= 0.3 is 0 Å². The van der Waals surface area contributed by atoms with Crippen molar-refractivity contribution in [2.75, 3.05) is 30.4 Å². The number of halogens is 1. The van der Waals surface area contributed by atoms with E-state index in [0.29, 0.717) is 16.4 Å². The van der Waals surface area contributed by atoms with Gasteiger partial charge in [0.2, 0.25) is 0 Å². The molecule has 6 nitrogen and oxygen atoms in total.